The fourth-order valence-electron chi connectivity index (χ4n) is 4.54. The Morgan fingerprint density at radius 1 is 1.34 bits per heavy atom. The van der Waals surface area contributed by atoms with Crippen LogP contribution in [0.25, 0.3) is 0 Å². The van der Waals surface area contributed by atoms with Crippen molar-refractivity contribution >= 4 is 17.8 Å². The number of hydrogen-bond acceptors (Lipinski definition) is 4. The summed E-state index contributed by atoms with van der Waals surface area (Å²) in [5.74, 6) is -5.02. The first-order chi connectivity index (χ1) is 16.5. The summed E-state index contributed by atoms with van der Waals surface area (Å²) < 4.78 is 71.7. The van der Waals surface area contributed by atoms with E-state index in [4.69, 9.17) is 5.11 Å². The number of rotatable bonds is 4. The lowest BCUT2D eigenvalue weighted by atomic mass is 9.95. The Morgan fingerprint density at radius 3 is 2.77 bits per heavy atom. The van der Waals surface area contributed by atoms with Crippen LogP contribution in [0.15, 0.2) is 12.3 Å². The van der Waals surface area contributed by atoms with Gasteiger partial charge in [-0.1, -0.05) is 0 Å². The Labute approximate surface area is 196 Å². The van der Waals surface area contributed by atoms with Crippen molar-refractivity contribution in [3.8, 4) is 0 Å². The van der Waals surface area contributed by atoms with Crippen molar-refractivity contribution in [1.82, 2.24) is 25.0 Å². The highest BCUT2D eigenvalue weighted by Gasteiger charge is 2.44. The number of alkyl halides is 4. The van der Waals surface area contributed by atoms with E-state index in [0.29, 0.717) is 5.69 Å². The highest BCUT2D eigenvalue weighted by Crippen LogP contribution is 2.42. The first kappa shape index (κ1) is 24.7. The summed E-state index contributed by atoms with van der Waals surface area (Å²) in [5, 5.41) is 17.6. The van der Waals surface area contributed by atoms with Gasteiger partial charge in [0.2, 0.25) is 0 Å². The van der Waals surface area contributed by atoms with Crippen molar-refractivity contribution in [2.75, 3.05) is 11.9 Å². The Morgan fingerprint density at radius 2 is 2.09 bits per heavy atom. The minimum Gasteiger partial charge on any atom is -0.465 e. The first-order valence-corrected chi connectivity index (χ1v) is 10.9. The number of carbonyl (C=O) groups is 2. The molecule has 2 aliphatic rings. The molecule has 14 heteroatoms. The zero-order valence-electron chi connectivity index (χ0n) is 18.6. The maximum atomic E-state index is 15.2. The van der Waals surface area contributed by atoms with Gasteiger partial charge in [0.1, 0.15) is 11.4 Å². The van der Waals surface area contributed by atoms with E-state index in [2.05, 4.69) is 20.7 Å². The largest absolute Gasteiger partial charge is 0.465 e. The normalized spacial score (nSPS) is 21.2. The van der Waals surface area contributed by atoms with E-state index in [1.807, 2.05) is 0 Å². The third-order valence-corrected chi connectivity index (χ3v) is 6.29. The minimum atomic E-state index is -3.26. The fourth-order valence-corrected chi connectivity index (χ4v) is 4.54. The molecule has 3 N–H and O–H groups in total. The maximum absolute atomic E-state index is 15.2. The summed E-state index contributed by atoms with van der Waals surface area (Å²) in [6.07, 6.45) is -3.79. The standard InChI is InChI=1S/C21H23F5N6O3/c1-10-6-14-12(9-31(10)19(33)29-13-3-5-27-16(15(13)22)18(23)24)17-21(25,26)4-2-11(7-28-20(34)35)8-32(17)30-14/h3,5,10-11,18,28H,2,4,6-9H2,1H3,(H,34,35)(H,27,29,33)/t10-,11+/m1/s1. The number of hydrogen-bond donors (Lipinski definition) is 3. The van der Waals surface area contributed by atoms with Crippen LogP contribution in [0, 0.1) is 11.7 Å². The van der Waals surface area contributed by atoms with E-state index < -0.39 is 60.1 Å². The van der Waals surface area contributed by atoms with Gasteiger partial charge in [0.15, 0.2) is 5.82 Å². The molecular formula is C21H23F5N6O3. The number of carboxylic acid groups (broad SMARTS) is 1. The molecule has 0 unspecified atom stereocenters. The molecule has 0 bridgehead atoms. The van der Waals surface area contributed by atoms with E-state index >= 15 is 8.78 Å². The van der Waals surface area contributed by atoms with Crippen LogP contribution in [0.2, 0.25) is 0 Å². The quantitative estimate of drug-likeness (QED) is 0.545. The van der Waals surface area contributed by atoms with Gasteiger partial charge in [0, 0.05) is 43.7 Å². The fraction of sp³-hybridized carbons (Fsp3) is 0.524. The average Bonchev–Trinajstić information content (AvgIpc) is 3.07. The number of pyridine rings is 1. The number of nitrogens with one attached hydrogen (secondary N) is 2. The highest BCUT2D eigenvalue weighted by molar-refractivity contribution is 5.90. The molecule has 2 aliphatic heterocycles. The molecule has 4 rings (SSSR count). The number of anilines is 1. The topological polar surface area (TPSA) is 112 Å². The SMILES string of the molecule is C[C@@H]1Cc2nn3c(c2CN1C(=O)Nc1ccnc(C(F)F)c1F)C(F)(F)CC[C@@H](CNC(=O)O)C3. The van der Waals surface area contributed by atoms with E-state index in [-0.39, 0.29) is 43.7 Å². The third-order valence-electron chi connectivity index (χ3n) is 6.29. The molecule has 2 aromatic heterocycles. The lowest BCUT2D eigenvalue weighted by Crippen LogP contribution is -2.45. The van der Waals surface area contributed by atoms with Crippen molar-refractivity contribution < 1.29 is 36.6 Å². The third kappa shape index (κ3) is 4.86. The lowest BCUT2D eigenvalue weighted by Gasteiger charge is -2.33. The van der Waals surface area contributed by atoms with Crippen LogP contribution in [-0.2, 0) is 25.4 Å². The second-order valence-electron chi connectivity index (χ2n) is 8.72. The molecule has 2 aromatic rings. The molecule has 4 heterocycles. The van der Waals surface area contributed by atoms with Crippen molar-refractivity contribution in [1.29, 1.82) is 0 Å². The smallest absolute Gasteiger partial charge is 0.404 e. The van der Waals surface area contributed by atoms with Crippen LogP contribution in [0.4, 0.5) is 37.2 Å². The first-order valence-electron chi connectivity index (χ1n) is 10.9. The number of amides is 3. The Kier molecular flexibility index (Phi) is 6.56. The predicted molar refractivity (Wildman–Crippen MR) is 112 cm³/mol. The van der Waals surface area contributed by atoms with Gasteiger partial charge in [-0.15, -0.1) is 0 Å². The molecule has 0 radical (unpaired) electrons. The average molecular weight is 502 g/mol. The Bertz CT molecular complexity index is 1140. The summed E-state index contributed by atoms with van der Waals surface area (Å²) in [6.45, 7) is 1.51. The van der Waals surface area contributed by atoms with Gasteiger partial charge in [-0.3, -0.25) is 9.67 Å². The van der Waals surface area contributed by atoms with Gasteiger partial charge in [0.25, 0.3) is 12.3 Å². The van der Waals surface area contributed by atoms with Crippen LogP contribution in [0.3, 0.4) is 0 Å². The molecular weight excluding hydrogens is 479 g/mol. The van der Waals surface area contributed by atoms with Gasteiger partial charge < -0.3 is 20.6 Å². The van der Waals surface area contributed by atoms with E-state index in [1.165, 1.54) is 9.58 Å². The minimum absolute atomic E-state index is 0.00157. The zero-order valence-corrected chi connectivity index (χ0v) is 18.6. The molecule has 9 nitrogen and oxygen atoms in total. The Balaban J connectivity index is 1.59. The van der Waals surface area contributed by atoms with E-state index in [9.17, 15) is 22.8 Å². The van der Waals surface area contributed by atoms with Gasteiger partial charge >= 0.3 is 12.1 Å². The van der Waals surface area contributed by atoms with Gasteiger partial charge in [0.05, 0.1) is 17.9 Å². The number of carbonyl (C=O) groups excluding carboxylic acids is 1. The molecule has 2 atom stereocenters. The lowest BCUT2D eigenvalue weighted by molar-refractivity contribution is -0.0219. The molecule has 0 fully saturated rings. The van der Waals surface area contributed by atoms with Crippen LogP contribution < -0.4 is 10.6 Å². The van der Waals surface area contributed by atoms with Crippen molar-refractivity contribution in [3.63, 3.8) is 0 Å². The zero-order chi connectivity index (χ0) is 25.5. The number of fused-ring (bicyclic) bond motifs is 3. The van der Waals surface area contributed by atoms with Crippen LogP contribution in [0.5, 0.6) is 0 Å². The van der Waals surface area contributed by atoms with E-state index in [0.717, 1.165) is 12.3 Å². The summed E-state index contributed by atoms with van der Waals surface area (Å²) in [7, 11) is 0. The van der Waals surface area contributed by atoms with Crippen LogP contribution in [0.1, 0.15) is 48.8 Å². The number of halogens is 5. The molecule has 0 saturated carbocycles. The van der Waals surface area contributed by atoms with Crippen LogP contribution >= 0.6 is 0 Å². The molecule has 0 aliphatic carbocycles. The predicted octanol–water partition coefficient (Wildman–Crippen LogP) is 4.10. The van der Waals surface area contributed by atoms with E-state index in [1.54, 1.807) is 6.92 Å². The molecule has 0 spiro atoms. The molecule has 0 aromatic carbocycles. The highest BCUT2D eigenvalue weighted by atomic mass is 19.3. The van der Waals surface area contributed by atoms with Crippen molar-refractivity contribution in [2.24, 2.45) is 5.92 Å². The monoisotopic (exact) mass is 502 g/mol. The van der Waals surface area contributed by atoms with Crippen LogP contribution in [-0.4, -0.2) is 49.5 Å². The molecule has 190 valence electrons. The molecule has 0 saturated heterocycles. The molecule has 35 heavy (non-hydrogen) atoms. The Hall–Kier alpha value is -3.45. The molecule has 3 amide bonds. The van der Waals surface area contributed by atoms with Crippen molar-refractivity contribution in [2.45, 2.75) is 57.7 Å². The van der Waals surface area contributed by atoms with Gasteiger partial charge in [-0.05, 0) is 25.3 Å². The summed E-state index contributed by atoms with van der Waals surface area (Å²) >= 11 is 0. The summed E-state index contributed by atoms with van der Waals surface area (Å²) in [5.41, 5.74) is -1.35. The summed E-state index contributed by atoms with van der Waals surface area (Å²) in [6, 6.07) is -0.307. The van der Waals surface area contributed by atoms with Gasteiger partial charge in [-0.2, -0.15) is 13.9 Å². The second-order valence-corrected chi connectivity index (χ2v) is 8.72. The van der Waals surface area contributed by atoms with Gasteiger partial charge in [-0.25, -0.2) is 22.8 Å². The maximum Gasteiger partial charge on any atom is 0.404 e. The number of urea groups is 1. The second kappa shape index (κ2) is 9.30. The van der Waals surface area contributed by atoms with Crippen molar-refractivity contribution in [3.05, 3.63) is 40.7 Å². The number of nitrogens with zero attached hydrogens (tertiary/aromatic N) is 4. The summed E-state index contributed by atoms with van der Waals surface area (Å²) in [4.78, 5) is 28.2. The number of aromatic nitrogens is 3.